The van der Waals surface area contributed by atoms with Crippen LogP contribution in [0.5, 0.6) is 0 Å². The molecule has 2 aliphatic carbocycles. The molecular formula is C21H38N2O5S2. The molecule has 7 nitrogen and oxygen atoms in total. The minimum absolute atomic E-state index is 0.0686. The molecule has 0 aromatic carbocycles. The van der Waals surface area contributed by atoms with Crippen LogP contribution in [0, 0.1) is 16.7 Å². The third-order valence-electron chi connectivity index (χ3n) is 8.46. The minimum Gasteiger partial charge on any atom is -0.351 e. The molecule has 3 fully saturated rings. The molecule has 2 saturated carbocycles. The van der Waals surface area contributed by atoms with Gasteiger partial charge in [0.1, 0.15) is 19.7 Å². The normalized spacial score (nSPS) is 34.0. The fourth-order valence-electron chi connectivity index (χ4n) is 6.38. The van der Waals surface area contributed by atoms with Crippen LogP contribution in [0.25, 0.3) is 0 Å². The first-order valence-corrected chi connectivity index (χ1v) is 15.1. The molecule has 0 aromatic rings. The second-order valence-corrected chi connectivity index (χ2v) is 14.9. The highest BCUT2D eigenvalue weighted by Crippen LogP contribution is 2.67. The Kier molecular flexibility index (Phi) is 6.68. The molecule has 30 heavy (non-hydrogen) atoms. The maximum Gasteiger partial charge on any atom is 0.237 e. The molecule has 3 rings (SSSR count). The van der Waals surface area contributed by atoms with Crippen molar-refractivity contribution < 1.29 is 21.6 Å². The van der Waals surface area contributed by atoms with Crippen LogP contribution in [0.4, 0.5) is 0 Å². The van der Waals surface area contributed by atoms with Gasteiger partial charge in [0.25, 0.3) is 0 Å². The van der Waals surface area contributed by atoms with E-state index in [2.05, 4.69) is 31.4 Å². The highest BCUT2D eigenvalue weighted by atomic mass is 32.2. The van der Waals surface area contributed by atoms with Crippen molar-refractivity contribution in [1.29, 1.82) is 0 Å². The first kappa shape index (κ1) is 24.0. The Balaban J connectivity index is 1.70. The maximum absolute atomic E-state index is 13.3. The van der Waals surface area contributed by atoms with Gasteiger partial charge in [0.05, 0.1) is 23.3 Å². The number of nitrogens with one attached hydrogen (secondary N) is 2. The van der Waals surface area contributed by atoms with Gasteiger partial charge in [-0.15, -0.1) is 0 Å². The summed E-state index contributed by atoms with van der Waals surface area (Å²) in [6.07, 6.45) is 6.63. The van der Waals surface area contributed by atoms with Crippen LogP contribution in [0.1, 0.15) is 65.7 Å². The molecule has 2 bridgehead atoms. The van der Waals surface area contributed by atoms with Crippen molar-refractivity contribution in [2.75, 3.05) is 23.5 Å². The quantitative estimate of drug-likeness (QED) is 0.568. The molecule has 1 aliphatic heterocycles. The Bertz CT molecular complexity index is 854. The summed E-state index contributed by atoms with van der Waals surface area (Å²) in [7, 11) is -6.19. The number of rotatable bonds is 8. The van der Waals surface area contributed by atoms with Crippen LogP contribution >= 0.6 is 0 Å². The van der Waals surface area contributed by atoms with Crippen LogP contribution in [0.2, 0.25) is 0 Å². The molecule has 0 radical (unpaired) electrons. The average molecular weight is 463 g/mol. The van der Waals surface area contributed by atoms with Crippen LogP contribution in [0.15, 0.2) is 0 Å². The number of amides is 1. The lowest BCUT2D eigenvalue weighted by Gasteiger charge is -2.42. The summed E-state index contributed by atoms with van der Waals surface area (Å²) in [4.78, 5) is 13.3. The Morgan fingerprint density at radius 3 is 2.33 bits per heavy atom. The van der Waals surface area contributed by atoms with Gasteiger partial charge in [0, 0.05) is 18.3 Å². The molecule has 4 atom stereocenters. The number of hydrogen-bond donors (Lipinski definition) is 2. The first-order chi connectivity index (χ1) is 13.8. The number of fused-ring (bicyclic) bond motifs is 2. The summed E-state index contributed by atoms with van der Waals surface area (Å²) in [6, 6.07) is -0.597. The van der Waals surface area contributed by atoms with E-state index < -0.39 is 25.7 Å². The summed E-state index contributed by atoms with van der Waals surface area (Å²) < 4.78 is 46.9. The van der Waals surface area contributed by atoms with Crippen molar-refractivity contribution in [3.63, 3.8) is 0 Å². The van der Waals surface area contributed by atoms with Crippen LogP contribution in [-0.2, 0) is 24.5 Å². The van der Waals surface area contributed by atoms with E-state index in [1.54, 1.807) is 0 Å². The zero-order valence-electron chi connectivity index (χ0n) is 18.7. The summed E-state index contributed by atoms with van der Waals surface area (Å²) in [5, 5.41) is 6.58. The Hall–Kier alpha value is -0.670. The van der Waals surface area contributed by atoms with Crippen LogP contribution < -0.4 is 10.6 Å². The van der Waals surface area contributed by atoms with Gasteiger partial charge in [0.15, 0.2) is 0 Å². The molecule has 9 heteroatoms. The monoisotopic (exact) mass is 462 g/mol. The fraction of sp³-hybridized carbons (Fsp3) is 0.952. The van der Waals surface area contributed by atoms with Crippen molar-refractivity contribution in [2.45, 2.75) is 83.8 Å². The molecular weight excluding hydrogens is 424 g/mol. The van der Waals surface area contributed by atoms with Crippen molar-refractivity contribution in [2.24, 2.45) is 16.7 Å². The summed E-state index contributed by atoms with van der Waals surface area (Å²) in [6.45, 7) is 6.85. The van der Waals surface area contributed by atoms with E-state index in [0.29, 0.717) is 18.8 Å². The van der Waals surface area contributed by atoms with E-state index in [0.717, 1.165) is 19.3 Å². The van der Waals surface area contributed by atoms with Gasteiger partial charge in [0.2, 0.25) is 5.91 Å². The summed E-state index contributed by atoms with van der Waals surface area (Å²) in [5.74, 6) is 0.619. The van der Waals surface area contributed by atoms with Crippen LogP contribution in [0.3, 0.4) is 0 Å². The van der Waals surface area contributed by atoms with Crippen LogP contribution in [-0.4, -0.2) is 64.4 Å². The lowest BCUT2D eigenvalue weighted by Crippen LogP contribution is -2.56. The molecule has 2 unspecified atom stereocenters. The summed E-state index contributed by atoms with van der Waals surface area (Å²) >= 11 is 0. The van der Waals surface area contributed by atoms with Gasteiger partial charge in [-0.2, -0.15) is 0 Å². The molecule has 0 aromatic heterocycles. The van der Waals surface area contributed by atoms with E-state index in [4.69, 9.17) is 0 Å². The topological polar surface area (TPSA) is 109 Å². The molecule has 1 amide bonds. The standard InChI is InChI=1S/C21H38N2O5S2/c1-5-21-10-6-15(20(21,2)3)14-18(21)23-19(24)17(9-11-29(4,25)26)22-16-7-12-30(27,28)13-8-16/h15-18,22H,5-14H2,1-4H3,(H,23,24)/t15?,17-,18-,21?/m0/s1. The Labute approximate surface area is 182 Å². The molecule has 3 aliphatic rings. The third kappa shape index (κ3) is 4.72. The second kappa shape index (κ2) is 8.35. The van der Waals surface area contributed by atoms with Gasteiger partial charge < -0.3 is 10.6 Å². The van der Waals surface area contributed by atoms with E-state index in [1.165, 1.54) is 12.7 Å². The predicted molar refractivity (Wildman–Crippen MR) is 119 cm³/mol. The molecule has 1 saturated heterocycles. The number of hydrogen-bond acceptors (Lipinski definition) is 6. The fourth-order valence-corrected chi connectivity index (χ4v) is 8.53. The largest absolute Gasteiger partial charge is 0.351 e. The molecule has 0 spiro atoms. The minimum atomic E-state index is -3.20. The van der Waals surface area contributed by atoms with Crippen molar-refractivity contribution in [1.82, 2.24) is 10.6 Å². The van der Waals surface area contributed by atoms with E-state index in [1.807, 2.05) is 0 Å². The predicted octanol–water partition coefficient (Wildman–Crippen LogP) is 1.68. The summed E-state index contributed by atoms with van der Waals surface area (Å²) in [5.41, 5.74) is 0.279. The molecule has 174 valence electrons. The zero-order chi connectivity index (χ0) is 22.4. The highest BCUT2D eigenvalue weighted by molar-refractivity contribution is 7.91. The number of carbonyl (C=O) groups is 1. The smallest absolute Gasteiger partial charge is 0.237 e. The number of carbonyl (C=O) groups excluding carboxylic acids is 1. The number of sulfone groups is 2. The van der Waals surface area contributed by atoms with Crippen molar-refractivity contribution in [3.8, 4) is 0 Å². The van der Waals surface area contributed by atoms with Gasteiger partial charge in [-0.05, 0) is 61.7 Å². The van der Waals surface area contributed by atoms with E-state index in [-0.39, 0.29) is 52.5 Å². The molecule has 2 N–H and O–H groups in total. The lowest BCUT2D eigenvalue weighted by molar-refractivity contribution is -0.125. The Morgan fingerprint density at radius 2 is 1.80 bits per heavy atom. The SMILES string of the molecule is CCC12CCC(C[C@@H]1NC(=O)[C@H](CCS(C)(=O)=O)NC1CCS(=O)(=O)CC1)C2(C)C. The van der Waals surface area contributed by atoms with Gasteiger partial charge in [-0.3, -0.25) is 4.79 Å². The van der Waals surface area contributed by atoms with Gasteiger partial charge in [-0.25, -0.2) is 16.8 Å². The second-order valence-electron chi connectivity index (χ2n) is 10.3. The Morgan fingerprint density at radius 1 is 1.17 bits per heavy atom. The van der Waals surface area contributed by atoms with Gasteiger partial charge >= 0.3 is 0 Å². The highest BCUT2D eigenvalue weighted by Gasteiger charge is 2.63. The van der Waals surface area contributed by atoms with Crippen molar-refractivity contribution >= 4 is 25.6 Å². The zero-order valence-corrected chi connectivity index (χ0v) is 20.4. The maximum atomic E-state index is 13.3. The average Bonchev–Trinajstić information content (AvgIpc) is 3.01. The van der Waals surface area contributed by atoms with Crippen molar-refractivity contribution in [3.05, 3.63) is 0 Å². The van der Waals surface area contributed by atoms with Gasteiger partial charge in [-0.1, -0.05) is 20.8 Å². The van der Waals surface area contributed by atoms with E-state index >= 15 is 0 Å². The molecule has 1 heterocycles. The first-order valence-electron chi connectivity index (χ1n) is 11.2. The third-order valence-corrected chi connectivity index (χ3v) is 11.2. The lowest BCUT2D eigenvalue weighted by atomic mass is 9.66. The van der Waals surface area contributed by atoms with E-state index in [9.17, 15) is 21.6 Å².